The van der Waals surface area contributed by atoms with Crippen LogP contribution in [0.25, 0.3) is 16.8 Å². The molecule has 0 unspecified atom stereocenters. The van der Waals surface area contributed by atoms with Crippen molar-refractivity contribution in [3.63, 3.8) is 0 Å². The van der Waals surface area contributed by atoms with Gasteiger partial charge in [-0.2, -0.15) is 0 Å². The second-order valence-corrected chi connectivity index (χ2v) is 4.85. The van der Waals surface area contributed by atoms with Crippen molar-refractivity contribution in [3.8, 4) is 0 Å². The maximum atomic E-state index is 5.95. The average Bonchev–Trinajstić information content (AvgIpc) is 2.36. The minimum atomic E-state index is 0.282. The van der Waals surface area contributed by atoms with Gasteiger partial charge in [0.1, 0.15) is 11.0 Å². The summed E-state index contributed by atoms with van der Waals surface area (Å²) in [6.45, 7) is 4.13. The van der Waals surface area contributed by atoms with Crippen LogP contribution in [0.3, 0.4) is 0 Å². The lowest BCUT2D eigenvalue weighted by Gasteiger charge is -2.13. The number of hydrogen-bond acceptors (Lipinski definition) is 4. The molecular formula is C14H16ClN3O. The van der Waals surface area contributed by atoms with Crippen molar-refractivity contribution in [2.24, 2.45) is 0 Å². The molecule has 0 radical (unpaired) electrons. The van der Waals surface area contributed by atoms with E-state index in [0.29, 0.717) is 5.15 Å². The van der Waals surface area contributed by atoms with Crippen molar-refractivity contribution in [1.29, 1.82) is 0 Å². The van der Waals surface area contributed by atoms with Crippen LogP contribution in [-0.2, 0) is 4.74 Å². The molecule has 2 aromatic rings. The van der Waals surface area contributed by atoms with Crippen LogP contribution < -0.4 is 5.32 Å². The van der Waals surface area contributed by atoms with Crippen molar-refractivity contribution in [1.82, 2.24) is 9.97 Å². The number of nitrogens with one attached hydrogen (secondary N) is 1. The summed E-state index contributed by atoms with van der Waals surface area (Å²) in [5.41, 5.74) is 0.807. The van der Waals surface area contributed by atoms with Gasteiger partial charge in [0, 0.05) is 23.0 Å². The van der Waals surface area contributed by atoms with Gasteiger partial charge in [0.2, 0.25) is 0 Å². The Labute approximate surface area is 117 Å². The van der Waals surface area contributed by atoms with Crippen LogP contribution in [0, 0.1) is 0 Å². The molecule has 100 valence electrons. The average molecular weight is 278 g/mol. The molecule has 0 aliphatic carbocycles. The van der Waals surface area contributed by atoms with Crippen LogP contribution >= 0.6 is 11.6 Å². The van der Waals surface area contributed by atoms with E-state index in [9.17, 15) is 0 Å². The molecule has 0 saturated heterocycles. The minimum Gasteiger partial charge on any atom is -0.504 e. The number of anilines is 1. The van der Waals surface area contributed by atoms with Gasteiger partial charge in [0.15, 0.2) is 0 Å². The summed E-state index contributed by atoms with van der Waals surface area (Å²) in [4.78, 5) is 8.66. The molecule has 0 bridgehead atoms. The topological polar surface area (TPSA) is 47.0 Å². The smallest absolute Gasteiger partial charge is 0.134 e. The van der Waals surface area contributed by atoms with E-state index in [1.807, 2.05) is 12.1 Å². The van der Waals surface area contributed by atoms with E-state index in [1.165, 1.54) is 0 Å². The molecular weight excluding hydrogens is 262 g/mol. The van der Waals surface area contributed by atoms with E-state index in [0.717, 1.165) is 22.3 Å². The van der Waals surface area contributed by atoms with Crippen molar-refractivity contribution < 1.29 is 4.74 Å². The normalized spacial score (nSPS) is 11.4. The van der Waals surface area contributed by atoms with Crippen molar-refractivity contribution in [2.75, 3.05) is 12.4 Å². The fraction of sp³-hybridized carbons (Fsp3) is 0.286. The Morgan fingerprint density at radius 1 is 1.37 bits per heavy atom. The molecule has 5 heteroatoms. The quantitative estimate of drug-likeness (QED) is 0.683. The van der Waals surface area contributed by atoms with Gasteiger partial charge in [-0.05, 0) is 32.1 Å². The third-order valence-corrected chi connectivity index (χ3v) is 2.71. The molecule has 0 spiro atoms. The maximum absolute atomic E-state index is 5.95. The highest BCUT2D eigenvalue weighted by atomic mass is 35.5. The molecule has 0 aromatic carbocycles. The number of pyridine rings is 2. The molecule has 0 atom stereocenters. The van der Waals surface area contributed by atoms with Gasteiger partial charge in [-0.3, -0.25) is 0 Å². The molecule has 0 saturated carbocycles. The number of aromatic nitrogens is 2. The lowest BCUT2D eigenvalue weighted by molar-refractivity contribution is 0.341. The Morgan fingerprint density at radius 3 is 2.84 bits per heavy atom. The Balaban J connectivity index is 2.58. The van der Waals surface area contributed by atoms with Gasteiger partial charge in [0.25, 0.3) is 0 Å². The zero-order valence-electron chi connectivity index (χ0n) is 11.1. The number of nitrogens with zero attached hydrogens (tertiary/aromatic N) is 2. The number of fused-ring (bicyclic) bond motifs is 1. The van der Waals surface area contributed by atoms with Crippen LogP contribution in [-0.4, -0.2) is 23.1 Å². The van der Waals surface area contributed by atoms with E-state index in [4.69, 9.17) is 16.3 Å². The molecule has 1 N–H and O–H groups in total. The fourth-order valence-electron chi connectivity index (χ4n) is 1.75. The minimum absolute atomic E-state index is 0.282. The summed E-state index contributed by atoms with van der Waals surface area (Å²) in [6.07, 6.45) is 5.14. The summed E-state index contributed by atoms with van der Waals surface area (Å²) in [6, 6.07) is 4.04. The summed E-state index contributed by atoms with van der Waals surface area (Å²) in [7, 11) is 1.60. The second kappa shape index (κ2) is 5.89. The first-order valence-electron chi connectivity index (χ1n) is 6.02. The molecule has 0 aliphatic heterocycles. The van der Waals surface area contributed by atoms with Gasteiger partial charge < -0.3 is 10.1 Å². The zero-order valence-corrected chi connectivity index (χ0v) is 11.9. The first-order valence-corrected chi connectivity index (χ1v) is 6.40. The second-order valence-electron chi connectivity index (χ2n) is 4.46. The number of ether oxygens (including phenoxy) is 1. The number of halogens is 1. The Hall–Kier alpha value is -1.81. The van der Waals surface area contributed by atoms with Gasteiger partial charge in [-0.25, -0.2) is 9.97 Å². The van der Waals surface area contributed by atoms with Crippen molar-refractivity contribution in [2.45, 2.75) is 19.9 Å². The first-order chi connectivity index (χ1) is 9.10. The van der Waals surface area contributed by atoms with Crippen LogP contribution in [0.4, 0.5) is 5.82 Å². The van der Waals surface area contributed by atoms with Gasteiger partial charge in [-0.15, -0.1) is 0 Å². The van der Waals surface area contributed by atoms with Crippen LogP contribution in [0.1, 0.15) is 19.5 Å². The predicted molar refractivity (Wildman–Crippen MR) is 79.3 cm³/mol. The van der Waals surface area contributed by atoms with Crippen LogP contribution in [0.2, 0.25) is 5.15 Å². The Bertz CT molecular complexity index is 611. The first kappa shape index (κ1) is 13.6. The maximum Gasteiger partial charge on any atom is 0.134 e. The van der Waals surface area contributed by atoms with Gasteiger partial charge >= 0.3 is 0 Å². The van der Waals surface area contributed by atoms with Gasteiger partial charge in [0.05, 0.1) is 19.1 Å². The van der Waals surface area contributed by atoms with E-state index in [1.54, 1.807) is 25.6 Å². The number of hydrogen-bond donors (Lipinski definition) is 1. The van der Waals surface area contributed by atoms with E-state index >= 15 is 0 Å². The molecule has 0 aliphatic rings. The highest BCUT2D eigenvalue weighted by Gasteiger charge is 2.07. The van der Waals surface area contributed by atoms with Crippen LogP contribution in [0.5, 0.6) is 0 Å². The fourth-order valence-corrected chi connectivity index (χ4v) is 1.91. The molecule has 2 heterocycles. The third kappa shape index (κ3) is 3.35. The lowest BCUT2D eigenvalue weighted by Crippen LogP contribution is -2.11. The summed E-state index contributed by atoms with van der Waals surface area (Å²) < 4.78 is 4.92. The largest absolute Gasteiger partial charge is 0.504 e. The Morgan fingerprint density at radius 2 is 2.16 bits per heavy atom. The lowest BCUT2D eigenvalue weighted by atomic mass is 10.1. The molecule has 2 rings (SSSR count). The molecule has 0 amide bonds. The predicted octanol–water partition coefficient (Wildman–Crippen LogP) is 3.72. The number of methoxy groups -OCH3 is 1. The van der Waals surface area contributed by atoms with Gasteiger partial charge in [-0.1, -0.05) is 11.6 Å². The molecule has 2 aromatic heterocycles. The molecule has 4 nitrogen and oxygen atoms in total. The van der Waals surface area contributed by atoms with E-state index < -0.39 is 0 Å². The molecule has 0 fully saturated rings. The summed E-state index contributed by atoms with van der Waals surface area (Å²) in [5.74, 6) is 0.799. The summed E-state index contributed by atoms with van der Waals surface area (Å²) >= 11 is 5.95. The van der Waals surface area contributed by atoms with E-state index in [-0.39, 0.29) is 6.04 Å². The SMILES string of the molecule is COC=Cc1cc2cnc(Cl)cc2c(NC(C)C)n1. The highest BCUT2D eigenvalue weighted by Crippen LogP contribution is 2.25. The molecule has 19 heavy (non-hydrogen) atoms. The summed E-state index contributed by atoms with van der Waals surface area (Å²) in [5, 5.41) is 5.72. The Kier molecular flexibility index (Phi) is 4.22. The highest BCUT2D eigenvalue weighted by molar-refractivity contribution is 6.30. The van der Waals surface area contributed by atoms with Crippen molar-refractivity contribution in [3.05, 3.63) is 35.4 Å². The monoisotopic (exact) mass is 277 g/mol. The van der Waals surface area contributed by atoms with Crippen LogP contribution in [0.15, 0.2) is 24.6 Å². The zero-order chi connectivity index (χ0) is 13.8. The van der Waals surface area contributed by atoms with E-state index in [2.05, 4.69) is 29.1 Å². The standard InChI is InChI=1S/C14H16ClN3O/c1-9(2)17-14-12-7-13(15)16-8-10(12)6-11(18-14)4-5-19-3/h4-9H,1-3H3,(H,17,18). The number of rotatable bonds is 4. The third-order valence-electron chi connectivity index (χ3n) is 2.50. The van der Waals surface area contributed by atoms with Crippen molar-refractivity contribution >= 4 is 34.3 Å².